The molecule has 4 nitrogen and oxygen atoms in total. The molecule has 1 saturated heterocycles. The fraction of sp³-hybridized carbons (Fsp3) is 0.524. The van der Waals surface area contributed by atoms with E-state index in [1.165, 1.54) is 12.1 Å². The number of nitrogens with zero attached hydrogens (tertiary/aromatic N) is 2. The van der Waals surface area contributed by atoms with Crippen molar-refractivity contribution in [1.82, 2.24) is 15.1 Å². The van der Waals surface area contributed by atoms with Crippen molar-refractivity contribution < 1.29 is 9.18 Å². The smallest absolute Gasteiger partial charge is 0.272 e. The molecule has 0 unspecified atom stereocenters. The summed E-state index contributed by atoms with van der Waals surface area (Å²) in [6, 6.07) is 8.95. The SMILES string of the molecule is C[C@@H]1CC[C@H](CCc2ccc(F)cc2)N1C(=O)c1cc(C(C)(C)C)n[nH]1. The number of halogens is 1. The summed E-state index contributed by atoms with van der Waals surface area (Å²) >= 11 is 0. The second-order valence-electron chi connectivity index (χ2n) is 8.37. The summed E-state index contributed by atoms with van der Waals surface area (Å²) in [5.41, 5.74) is 2.48. The quantitative estimate of drug-likeness (QED) is 0.877. The number of likely N-dealkylation sites (tertiary alicyclic amines) is 1. The monoisotopic (exact) mass is 357 g/mol. The van der Waals surface area contributed by atoms with Crippen LogP contribution in [0.3, 0.4) is 0 Å². The average Bonchev–Trinajstić information content (AvgIpc) is 3.21. The Hall–Kier alpha value is -2.17. The van der Waals surface area contributed by atoms with Crippen LogP contribution in [0.15, 0.2) is 30.3 Å². The van der Waals surface area contributed by atoms with Crippen LogP contribution in [-0.4, -0.2) is 33.1 Å². The Labute approximate surface area is 154 Å². The van der Waals surface area contributed by atoms with E-state index in [1.807, 2.05) is 23.1 Å². The molecule has 1 aliphatic heterocycles. The van der Waals surface area contributed by atoms with Gasteiger partial charge in [-0.15, -0.1) is 0 Å². The van der Waals surface area contributed by atoms with Gasteiger partial charge in [0.25, 0.3) is 5.91 Å². The van der Waals surface area contributed by atoms with Crippen LogP contribution in [0.2, 0.25) is 0 Å². The van der Waals surface area contributed by atoms with Crippen LogP contribution in [0.5, 0.6) is 0 Å². The molecule has 0 bridgehead atoms. The summed E-state index contributed by atoms with van der Waals surface area (Å²) in [4.78, 5) is 15.1. The van der Waals surface area contributed by atoms with Gasteiger partial charge in [-0.1, -0.05) is 32.9 Å². The fourth-order valence-electron chi connectivity index (χ4n) is 3.66. The van der Waals surface area contributed by atoms with Gasteiger partial charge in [0.05, 0.1) is 5.69 Å². The third-order valence-electron chi connectivity index (χ3n) is 5.28. The molecule has 1 fully saturated rings. The lowest BCUT2D eigenvalue weighted by atomic mass is 9.92. The minimum atomic E-state index is -0.214. The zero-order valence-corrected chi connectivity index (χ0v) is 16.1. The first kappa shape index (κ1) is 18.6. The minimum absolute atomic E-state index is 0.0297. The molecule has 140 valence electrons. The van der Waals surface area contributed by atoms with E-state index >= 15 is 0 Å². The van der Waals surface area contributed by atoms with E-state index in [4.69, 9.17) is 0 Å². The van der Waals surface area contributed by atoms with Gasteiger partial charge < -0.3 is 4.90 Å². The Morgan fingerprint density at radius 2 is 1.96 bits per heavy atom. The first-order valence-electron chi connectivity index (χ1n) is 9.38. The van der Waals surface area contributed by atoms with Gasteiger partial charge in [0, 0.05) is 17.5 Å². The summed E-state index contributed by atoms with van der Waals surface area (Å²) in [6.07, 6.45) is 3.76. The van der Waals surface area contributed by atoms with Crippen LogP contribution < -0.4 is 0 Å². The summed E-state index contributed by atoms with van der Waals surface area (Å²) < 4.78 is 13.1. The van der Waals surface area contributed by atoms with Crippen LogP contribution in [0, 0.1) is 5.82 Å². The first-order chi connectivity index (χ1) is 12.3. The molecule has 1 aromatic carbocycles. The van der Waals surface area contributed by atoms with Crippen molar-refractivity contribution in [1.29, 1.82) is 0 Å². The molecule has 5 heteroatoms. The molecule has 2 aromatic rings. The first-order valence-corrected chi connectivity index (χ1v) is 9.38. The summed E-state index contributed by atoms with van der Waals surface area (Å²) in [5, 5.41) is 7.25. The number of benzene rings is 1. The number of carbonyl (C=O) groups is 1. The van der Waals surface area contributed by atoms with E-state index in [0.717, 1.165) is 36.9 Å². The van der Waals surface area contributed by atoms with E-state index in [9.17, 15) is 9.18 Å². The normalized spacial score (nSPS) is 20.6. The Morgan fingerprint density at radius 3 is 2.58 bits per heavy atom. The minimum Gasteiger partial charge on any atom is -0.332 e. The van der Waals surface area contributed by atoms with Crippen molar-refractivity contribution in [3.05, 3.63) is 53.1 Å². The summed E-state index contributed by atoms with van der Waals surface area (Å²) in [6.45, 7) is 8.36. The van der Waals surface area contributed by atoms with Gasteiger partial charge in [0.15, 0.2) is 0 Å². The Morgan fingerprint density at radius 1 is 1.27 bits per heavy atom. The molecule has 1 aromatic heterocycles. The molecule has 0 radical (unpaired) electrons. The van der Waals surface area contributed by atoms with Crippen LogP contribution >= 0.6 is 0 Å². The molecule has 2 atom stereocenters. The second kappa shape index (κ2) is 7.22. The van der Waals surface area contributed by atoms with Gasteiger partial charge in [0.1, 0.15) is 11.5 Å². The molecule has 1 aliphatic rings. The van der Waals surface area contributed by atoms with Gasteiger partial charge in [-0.05, 0) is 56.4 Å². The molecule has 0 spiro atoms. The van der Waals surface area contributed by atoms with Crippen molar-refractivity contribution in [3.8, 4) is 0 Å². The summed E-state index contributed by atoms with van der Waals surface area (Å²) in [7, 11) is 0. The maximum atomic E-state index is 13.1. The topological polar surface area (TPSA) is 49.0 Å². The highest BCUT2D eigenvalue weighted by Gasteiger charge is 2.35. The van der Waals surface area contributed by atoms with Gasteiger partial charge in [-0.3, -0.25) is 9.89 Å². The number of amides is 1. The molecular formula is C21H28FN3O. The van der Waals surface area contributed by atoms with E-state index in [-0.39, 0.29) is 29.2 Å². The Bertz CT molecular complexity index is 760. The molecule has 1 N–H and O–H groups in total. The number of aromatic nitrogens is 2. The number of aromatic amines is 1. The standard InChI is InChI=1S/C21H28FN3O/c1-14-5-11-17(12-8-15-6-9-16(22)10-7-15)25(14)20(26)18-13-19(24-23-18)21(2,3)4/h6-7,9-10,13-14,17H,5,8,11-12H2,1-4H3,(H,23,24)/t14-,17-/m1/s1. The highest BCUT2D eigenvalue weighted by atomic mass is 19.1. The zero-order chi connectivity index (χ0) is 18.9. The van der Waals surface area contributed by atoms with E-state index < -0.39 is 0 Å². The molecule has 0 aliphatic carbocycles. The lowest BCUT2D eigenvalue weighted by Gasteiger charge is -2.28. The molecule has 3 rings (SSSR count). The molecule has 26 heavy (non-hydrogen) atoms. The highest BCUT2D eigenvalue weighted by Crippen LogP contribution is 2.29. The predicted octanol–water partition coefficient (Wildman–Crippen LogP) is 4.47. The van der Waals surface area contributed by atoms with Crippen LogP contribution in [0.1, 0.15) is 68.7 Å². The Kier molecular flexibility index (Phi) is 5.17. The van der Waals surface area contributed by atoms with Crippen molar-refractivity contribution in [2.45, 2.75) is 70.9 Å². The van der Waals surface area contributed by atoms with Crippen molar-refractivity contribution >= 4 is 5.91 Å². The number of aryl methyl sites for hydroxylation is 1. The van der Waals surface area contributed by atoms with Gasteiger partial charge in [0.2, 0.25) is 0 Å². The molecular weight excluding hydrogens is 329 g/mol. The maximum Gasteiger partial charge on any atom is 0.272 e. The van der Waals surface area contributed by atoms with Crippen molar-refractivity contribution in [3.63, 3.8) is 0 Å². The van der Waals surface area contributed by atoms with E-state index in [2.05, 4.69) is 37.9 Å². The van der Waals surface area contributed by atoms with Crippen molar-refractivity contribution in [2.24, 2.45) is 0 Å². The molecule has 2 heterocycles. The van der Waals surface area contributed by atoms with Crippen LogP contribution in [-0.2, 0) is 11.8 Å². The number of hydrogen-bond acceptors (Lipinski definition) is 2. The van der Waals surface area contributed by atoms with E-state index in [0.29, 0.717) is 5.69 Å². The number of carbonyl (C=O) groups excluding carboxylic acids is 1. The Balaban J connectivity index is 1.70. The third kappa shape index (κ3) is 3.97. The molecule has 0 saturated carbocycles. The van der Waals surface area contributed by atoms with Gasteiger partial charge >= 0.3 is 0 Å². The number of hydrogen-bond donors (Lipinski definition) is 1. The number of nitrogens with one attached hydrogen (secondary N) is 1. The average molecular weight is 357 g/mol. The second-order valence-corrected chi connectivity index (χ2v) is 8.37. The van der Waals surface area contributed by atoms with Crippen LogP contribution in [0.4, 0.5) is 4.39 Å². The van der Waals surface area contributed by atoms with Crippen LogP contribution in [0.25, 0.3) is 0 Å². The van der Waals surface area contributed by atoms with E-state index in [1.54, 1.807) is 0 Å². The van der Waals surface area contributed by atoms with Gasteiger partial charge in [-0.25, -0.2) is 4.39 Å². The lowest BCUT2D eigenvalue weighted by Crippen LogP contribution is -2.40. The third-order valence-corrected chi connectivity index (χ3v) is 5.28. The number of H-pyrrole nitrogens is 1. The maximum absolute atomic E-state index is 13.1. The summed E-state index contributed by atoms with van der Waals surface area (Å²) in [5.74, 6) is -0.184. The zero-order valence-electron chi connectivity index (χ0n) is 16.1. The van der Waals surface area contributed by atoms with Gasteiger partial charge in [-0.2, -0.15) is 5.10 Å². The highest BCUT2D eigenvalue weighted by molar-refractivity contribution is 5.93. The van der Waals surface area contributed by atoms with Crippen molar-refractivity contribution in [2.75, 3.05) is 0 Å². The fourth-order valence-corrected chi connectivity index (χ4v) is 3.66. The predicted molar refractivity (Wildman–Crippen MR) is 101 cm³/mol. The number of rotatable bonds is 4. The largest absolute Gasteiger partial charge is 0.332 e. The lowest BCUT2D eigenvalue weighted by molar-refractivity contribution is 0.0666. The molecule has 1 amide bonds.